The third-order valence-corrected chi connectivity index (χ3v) is 5.32. The summed E-state index contributed by atoms with van der Waals surface area (Å²) in [5.41, 5.74) is 0. The molecule has 0 bridgehead atoms. The Labute approximate surface area is 126 Å². The Balaban J connectivity index is 1.68. The minimum Gasteiger partial charge on any atom is -0.311 e. The predicted octanol–water partition coefficient (Wildman–Crippen LogP) is 4.06. The smallest absolute Gasteiger partial charge is 0.00940 e. The summed E-state index contributed by atoms with van der Waals surface area (Å²) in [6, 6.07) is 1.51. The molecule has 2 heteroatoms. The first kappa shape index (κ1) is 16.3. The molecule has 0 amide bonds. The zero-order chi connectivity index (χ0) is 14.4. The maximum Gasteiger partial charge on any atom is 0.00940 e. The Hall–Kier alpha value is -0.0800. The molecule has 0 spiro atoms. The molecular formula is C18H36N2. The van der Waals surface area contributed by atoms with E-state index in [0.717, 1.165) is 23.9 Å². The highest BCUT2D eigenvalue weighted by Crippen LogP contribution is 2.26. The minimum absolute atomic E-state index is 0.731. The van der Waals surface area contributed by atoms with Crippen LogP contribution in [0.1, 0.15) is 72.1 Å². The van der Waals surface area contributed by atoms with Crippen molar-refractivity contribution in [3.05, 3.63) is 0 Å². The third kappa shape index (κ3) is 5.37. The van der Waals surface area contributed by atoms with Crippen molar-refractivity contribution in [2.45, 2.75) is 84.2 Å². The summed E-state index contributed by atoms with van der Waals surface area (Å²) in [7, 11) is 0. The molecule has 0 radical (unpaired) electrons. The lowest BCUT2D eigenvalue weighted by molar-refractivity contribution is 0.167. The van der Waals surface area contributed by atoms with Crippen LogP contribution in [-0.4, -0.2) is 36.6 Å². The van der Waals surface area contributed by atoms with Gasteiger partial charge in [-0.25, -0.2) is 0 Å². The summed E-state index contributed by atoms with van der Waals surface area (Å²) in [6.45, 7) is 11.0. The average Bonchev–Trinajstić information content (AvgIpc) is 2.69. The number of nitrogens with one attached hydrogen (secondary N) is 1. The highest BCUT2D eigenvalue weighted by atomic mass is 15.1. The van der Waals surface area contributed by atoms with E-state index in [1.807, 2.05) is 0 Å². The lowest BCUT2D eigenvalue weighted by Crippen LogP contribution is -2.48. The van der Waals surface area contributed by atoms with E-state index in [2.05, 4.69) is 31.0 Å². The molecule has 1 aliphatic carbocycles. The summed E-state index contributed by atoms with van der Waals surface area (Å²) >= 11 is 0. The van der Waals surface area contributed by atoms with Gasteiger partial charge in [-0.1, -0.05) is 39.5 Å². The zero-order valence-electron chi connectivity index (χ0n) is 14.0. The monoisotopic (exact) mass is 280 g/mol. The number of likely N-dealkylation sites (tertiary alicyclic amines) is 1. The minimum atomic E-state index is 0.731. The Kier molecular flexibility index (Phi) is 6.83. The van der Waals surface area contributed by atoms with E-state index < -0.39 is 0 Å². The van der Waals surface area contributed by atoms with Gasteiger partial charge in [0.2, 0.25) is 0 Å². The second-order valence-corrected chi connectivity index (χ2v) is 7.68. The molecule has 2 fully saturated rings. The van der Waals surface area contributed by atoms with Crippen LogP contribution in [0.2, 0.25) is 0 Å². The van der Waals surface area contributed by atoms with Crippen molar-refractivity contribution in [2.75, 3.05) is 19.6 Å². The van der Waals surface area contributed by atoms with E-state index in [4.69, 9.17) is 0 Å². The lowest BCUT2D eigenvalue weighted by Gasteiger charge is -2.36. The first-order valence-corrected chi connectivity index (χ1v) is 9.13. The molecule has 2 nitrogen and oxygen atoms in total. The highest BCUT2D eigenvalue weighted by Gasteiger charge is 2.24. The fraction of sp³-hybridized carbons (Fsp3) is 1.00. The molecule has 0 aromatic rings. The lowest BCUT2D eigenvalue weighted by atomic mass is 9.91. The fourth-order valence-electron chi connectivity index (χ4n) is 4.12. The Morgan fingerprint density at radius 2 is 1.50 bits per heavy atom. The fourth-order valence-corrected chi connectivity index (χ4v) is 4.12. The Morgan fingerprint density at radius 1 is 0.900 bits per heavy atom. The average molecular weight is 280 g/mol. The van der Waals surface area contributed by atoms with Gasteiger partial charge in [0.1, 0.15) is 0 Å². The number of rotatable bonds is 5. The number of piperidine rings is 1. The van der Waals surface area contributed by atoms with Crippen LogP contribution in [0.15, 0.2) is 0 Å². The number of hydrogen-bond donors (Lipinski definition) is 1. The van der Waals surface area contributed by atoms with Crippen LogP contribution in [0, 0.1) is 11.8 Å². The van der Waals surface area contributed by atoms with Crippen molar-refractivity contribution in [1.29, 1.82) is 0 Å². The van der Waals surface area contributed by atoms with Gasteiger partial charge in [-0.15, -0.1) is 0 Å². The van der Waals surface area contributed by atoms with E-state index in [1.165, 1.54) is 71.0 Å². The molecule has 1 saturated carbocycles. The highest BCUT2D eigenvalue weighted by molar-refractivity contribution is 4.83. The number of nitrogens with zero attached hydrogens (tertiary/aromatic N) is 1. The molecule has 0 aromatic heterocycles. The van der Waals surface area contributed by atoms with Crippen LogP contribution in [0.4, 0.5) is 0 Å². The summed E-state index contributed by atoms with van der Waals surface area (Å²) in [5.74, 6) is 1.75. The molecule has 1 N–H and O–H groups in total. The zero-order valence-corrected chi connectivity index (χ0v) is 14.0. The second kappa shape index (κ2) is 8.38. The molecule has 1 atom stereocenters. The molecular weight excluding hydrogens is 244 g/mol. The second-order valence-electron chi connectivity index (χ2n) is 7.68. The quantitative estimate of drug-likeness (QED) is 0.764. The van der Waals surface area contributed by atoms with Gasteiger partial charge in [0.15, 0.2) is 0 Å². The Bertz CT molecular complexity index is 248. The van der Waals surface area contributed by atoms with Crippen molar-refractivity contribution < 1.29 is 0 Å². The summed E-state index contributed by atoms with van der Waals surface area (Å²) in [5, 5.41) is 3.96. The molecule has 0 unspecified atom stereocenters. The van der Waals surface area contributed by atoms with Crippen molar-refractivity contribution in [2.24, 2.45) is 11.8 Å². The predicted molar refractivity (Wildman–Crippen MR) is 88.1 cm³/mol. The van der Waals surface area contributed by atoms with Gasteiger partial charge in [0.25, 0.3) is 0 Å². The summed E-state index contributed by atoms with van der Waals surface area (Å²) in [4.78, 5) is 2.65. The summed E-state index contributed by atoms with van der Waals surface area (Å²) < 4.78 is 0. The van der Waals surface area contributed by atoms with E-state index in [1.54, 1.807) is 0 Å². The van der Waals surface area contributed by atoms with Crippen LogP contribution in [-0.2, 0) is 0 Å². The van der Waals surface area contributed by atoms with Crippen LogP contribution >= 0.6 is 0 Å². The van der Waals surface area contributed by atoms with E-state index in [-0.39, 0.29) is 0 Å². The maximum atomic E-state index is 3.96. The van der Waals surface area contributed by atoms with Gasteiger partial charge in [0.05, 0.1) is 0 Å². The molecule has 118 valence electrons. The van der Waals surface area contributed by atoms with Crippen LogP contribution in [0.3, 0.4) is 0 Å². The number of hydrogen-bond acceptors (Lipinski definition) is 2. The molecule has 1 aliphatic heterocycles. The molecule has 1 saturated heterocycles. The van der Waals surface area contributed by atoms with Gasteiger partial charge in [-0.05, 0) is 57.5 Å². The van der Waals surface area contributed by atoms with Gasteiger partial charge in [-0.2, -0.15) is 0 Å². The van der Waals surface area contributed by atoms with Crippen LogP contribution in [0.25, 0.3) is 0 Å². The molecule has 0 aromatic carbocycles. The van der Waals surface area contributed by atoms with Gasteiger partial charge >= 0.3 is 0 Å². The largest absolute Gasteiger partial charge is 0.311 e. The van der Waals surface area contributed by atoms with E-state index in [0.29, 0.717) is 0 Å². The maximum absolute atomic E-state index is 3.96. The SMILES string of the molecule is CC(C)CN1CCC(N[C@@H](C)C2CCCCCC2)CC1. The van der Waals surface area contributed by atoms with E-state index >= 15 is 0 Å². The van der Waals surface area contributed by atoms with Crippen molar-refractivity contribution in [3.8, 4) is 0 Å². The molecule has 2 rings (SSSR count). The molecule has 1 heterocycles. The van der Waals surface area contributed by atoms with Crippen LogP contribution in [0.5, 0.6) is 0 Å². The van der Waals surface area contributed by atoms with Crippen molar-refractivity contribution >= 4 is 0 Å². The first-order chi connectivity index (χ1) is 9.65. The summed E-state index contributed by atoms with van der Waals surface area (Å²) in [6.07, 6.45) is 11.5. The van der Waals surface area contributed by atoms with Crippen molar-refractivity contribution in [3.63, 3.8) is 0 Å². The molecule has 2 aliphatic rings. The van der Waals surface area contributed by atoms with E-state index in [9.17, 15) is 0 Å². The van der Waals surface area contributed by atoms with Gasteiger partial charge in [0, 0.05) is 18.6 Å². The van der Waals surface area contributed by atoms with Gasteiger partial charge in [-0.3, -0.25) is 0 Å². The standard InChI is InChI=1S/C18H36N2/c1-15(2)14-20-12-10-18(11-13-20)19-16(3)17-8-6-4-5-7-9-17/h15-19H,4-14H2,1-3H3/t16-/m0/s1. The molecule has 20 heavy (non-hydrogen) atoms. The van der Waals surface area contributed by atoms with Crippen molar-refractivity contribution in [1.82, 2.24) is 10.2 Å². The third-order valence-electron chi connectivity index (χ3n) is 5.32. The van der Waals surface area contributed by atoms with Gasteiger partial charge < -0.3 is 10.2 Å². The van der Waals surface area contributed by atoms with Crippen LogP contribution < -0.4 is 5.32 Å². The Morgan fingerprint density at radius 3 is 2.05 bits per heavy atom. The topological polar surface area (TPSA) is 15.3 Å². The first-order valence-electron chi connectivity index (χ1n) is 9.13. The normalized spacial score (nSPS) is 25.8.